The molecule has 1 aromatic rings. The van der Waals surface area contributed by atoms with Gasteiger partial charge in [-0.05, 0) is 19.9 Å². The number of thiol groups is 1. The Morgan fingerprint density at radius 2 is 2.11 bits per heavy atom. The molecule has 0 saturated heterocycles. The van der Waals surface area contributed by atoms with Crippen LogP contribution in [-0.4, -0.2) is 32.7 Å². The number of hydrogen-bond donors (Lipinski definition) is 3. The molecular formula is C10H16N2O3S3. The predicted octanol–water partition coefficient (Wildman–Crippen LogP) is 1.09. The average Bonchev–Trinajstić information content (AvgIpc) is 2.57. The molecule has 1 heterocycles. The van der Waals surface area contributed by atoms with Crippen molar-refractivity contribution in [2.24, 2.45) is 0 Å². The van der Waals surface area contributed by atoms with Gasteiger partial charge in [-0.1, -0.05) is 0 Å². The lowest BCUT2D eigenvalue weighted by molar-refractivity contribution is 0.0948. The third kappa shape index (κ3) is 5.38. The van der Waals surface area contributed by atoms with Crippen LogP contribution >= 0.6 is 24.0 Å². The fraction of sp³-hybridized carbons (Fsp3) is 0.500. The Balaban J connectivity index is 2.57. The van der Waals surface area contributed by atoms with E-state index in [9.17, 15) is 13.2 Å². The van der Waals surface area contributed by atoms with Crippen LogP contribution in [0.3, 0.4) is 0 Å². The Bertz CT molecular complexity index is 534. The van der Waals surface area contributed by atoms with Crippen LogP contribution in [0.5, 0.6) is 0 Å². The van der Waals surface area contributed by atoms with Crippen LogP contribution in [0.4, 0.5) is 0 Å². The van der Waals surface area contributed by atoms with Gasteiger partial charge >= 0.3 is 0 Å². The molecule has 0 unspecified atom stereocenters. The fourth-order valence-electron chi connectivity index (χ4n) is 1.37. The van der Waals surface area contributed by atoms with E-state index in [1.54, 1.807) is 25.3 Å². The van der Waals surface area contributed by atoms with Gasteiger partial charge in [0, 0.05) is 22.4 Å². The van der Waals surface area contributed by atoms with E-state index in [1.807, 2.05) is 0 Å². The molecule has 0 radical (unpaired) electrons. The molecule has 8 heteroatoms. The van der Waals surface area contributed by atoms with Crippen molar-refractivity contribution in [1.29, 1.82) is 0 Å². The minimum Gasteiger partial charge on any atom is -0.349 e. The van der Waals surface area contributed by atoms with E-state index in [0.29, 0.717) is 4.88 Å². The highest BCUT2D eigenvalue weighted by Gasteiger charge is 2.23. The molecule has 2 N–H and O–H groups in total. The molecule has 1 rings (SSSR count). The fourth-order valence-corrected chi connectivity index (χ4v) is 3.51. The van der Waals surface area contributed by atoms with Crippen LogP contribution in [0.25, 0.3) is 0 Å². The van der Waals surface area contributed by atoms with Crippen molar-refractivity contribution in [2.75, 3.05) is 12.8 Å². The lowest BCUT2D eigenvalue weighted by Crippen LogP contribution is -2.50. The Kier molecular flexibility index (Phi) is 4.82. The highest BCUT2D eigenvalue weighted by molar-refractivity contribution is 7.88. The Labute approximate surface area is 116 Å². The van der Waals surface area contributed by atoms with Crippen LogP contribution in [0.1, 0.15) is 23.5 Å². The molecule has 0 aliphatic rings. The molecule has 102 valence electrons. The molecule has 0 spiro atoms. The molecule has 5 nitrogen and oxygen atoms in total. The first kappa shape index (κ1) is 15.5. The van der Waals surface area contributed by atoms with Gasteiger partial charge in [0.25, 0.3) is 5.91 Å². The first-order valence-electron chi connectivity index (χ1n) is 5.14. The van der Waals surface area contributed by atoms with Crippen molar-refractivity contribution >= 4 is 39.9 Å². The minimum absolute atomic E-state index is 0.207. The summed E-state index contributed by atoms with van der Waals surface area (Å²) in [6.07, 6.45) is 1.09. The average molecular weight is 308 g/mol. The molecule has 1 amide bonds. The van der Waals surface area contributed by atoms with E-state index >= 15 is 0 Å². The summed E-state index contributed by atoms with van der Waals surface area (Å²) >= 11 is 5.41. The topological polar surface area (TPSA) is 75.3 Å². The van der Waals surface area contributed by atoms with Gasteiger partial charge in [0.05, 0.1) is 11.1 Å². The lowest BCUT2D eigenvalue weighted by atomic mass is 10.1. The van der Waals surface area contributed by atoms with E-state index in [2.05, 4.69) is 22.7 Å². The number of carbonyl (C=O) groups is 1. The van der Waals surface area contributed by atoms with Crippen LogP contribution < -0.4 is 10.0 Å². The maximum atomic E-state index is 11.8. The smallest absolute Gasteiger partial charge is 0.261 e. The number of hydrogen-bond acceptors (Lipinski definition) is 5. The second-order valence-corrected chi connectivity index (χ2v) is 7.79. The van der Waals surface area contributed by atoms with Crippen LogP contribution in [-0.2, 0) is 10.0 Å². The molecular weight excluding hydrogens is 292 g/mol. The Morgan fingerprint density at radius 1 is 1.50 bits per heavy atom. The van der Waals surface area contributed by atoms with Crippen molar-refractivity contribution in [2.45, 2.75) is 24.3 Å². The molecule has 0 fully saturated rings. The van der Waals surface area contributed by atoms with Crippen molar-refractivity contribution < 1.29 is 13.2 Å². The number of carbonyl (C=O) groups excluding carboxylic acids is 1. The van der Waals surface area contributed by atoms with E-state index in [4.69, 9.17) is 0 Å². The quantitative estimate of drug-likeness (QED) is 0.713. The van der Waals surface area contributed by atoms with Crippen LogP contribution in [0.2, 0.25) is 0 Å². The van der Waals surface area contributed by atoms with Crippen molar-refractivity contribution in [3.63, 3.8) is 0 Å². The largest absolute Gasteiger partial charge is 0.349 e. The third-order valence-corrected chi connectivity index (χ3v) is 4.25. The highest BCUT2D eigenvalue weighted by atomic mass is 32.2. The number of thiophene rings is 1. The van der Waals surface area contributed by atoms with Gasteiger partial charge in [-0.2, -0.15) is 0 Å². The molecule has 0 aliphatic heterocycles. The molecule has 0 saturated carbocycles. The Morgan fingerprint density at radius 3 is 2.56 bits per heavy atom. The summed E-state index contributed by atoms with van der Waals surface area (Å²) < 4.78 is 24.7. The van der Waals surface area contributed by atoms with E-state index in [1.165, 1.54) is 11.3 Å². The van der Waals surface area contributed by atoms with Crippen molar-refractivity contribution in [1.82, 2.24) is 10.0 Å². The zero-order chi connectivity index (χ0) is 14.0. The molecule has 0 aliphatic carbocycles. The van der Waals surface area contributed by atoms with E-state index < -0.39 is 15.6 Å². The summed E-state index contributed by atoms with van der Waals surface area (Å²) in [5, 5.41) is 4.45. The zero-order valence-corrected chi connectivity index (χ0v) is 12.9. The Hall–Kier alpha value is -0.570. The zero-order valence-electron chi connectivity index (χ0n) is 10.4. The van der Waals surface area contributed by atoms with Crippen molar-refractivity contribution in [3.05, 3.63) is 16.3 Å². The van der Waals surface area contributed by atoms with Gasteiger partial charge < -0.3 is 5.32 Å². The van der Waals surface area contributed by atoms with Crippen LogP contribution in [0.15, 0.2) is 16.3 Å². The van der Waals surface area contributed by atoms with Gasteiger partial charge in [0.15, 0.2) is 0 Å². The normalized spacial score (nSPS) is 12.4. The second kappa shape index (κ2) is 5.60. The third-order valence-electron chi connectivity index (χ3n) is 1.96. The standard InChI is InChI=1S/C10H16N2O3S3/c1-10(2,12-18(3,14)15)6-11-9(13)8-4-7(16)5-17-8/h4-5,12,16H,6H2,1-3H3,(H,11,13). The molecule has 0 bridgehead atoms. The summed E-state index contributed by atoms with van der Waals surface area (Å²) in [4.78, 5) is 13.0. The second-order valence-electron chi connectivity index (χ2n) is 4.61. The monoisotopic (exact) mass is 308 g/mol. The maximum absolute atomic E-state index is 11.8. The number of sulfonamides is 1. The highest BCUT2D eigenvalue weighted by Crippen LogP contribution is 2.17. The summed E-state index contributed by atoms with van der Waals surface area (Å²) in [6, 6.07) is 1.67. The van der Waals surface area contributed by atoms with Gasteiger partial charge in [-0.15, -0.1) is 24.0 Å². The first-order valence-corrected chi connectivity index (χ1v) is 8.35. The van der Waals surface area contributed by atoms with Gasteiger partial charge in [-0.25, -0.2) is 13.1 Å². The van der Waals surface area contributed by atoms with Gasteiger partial charge in [-0.3, -0.25) is 4.79 Å². The predicted molar refractivity (Wildman–Crippen MR) is 76.0 cm³/mol. The van der Waals surface area contributed by atoms with Gasteiger partial charge in [0.2, 0.25) is 10.0 Å². The van der Waals surface area contributed by atoms with E-state index in [0.717, 1.165) is 11.2 Å². The maximum Gasteiger partial charge on any atom is 0.261 e. The summed E-state index contributed by atoms with van der Waals surface area (Å²) in [5.41, 5.74) is -0.732. The lowest BCUT2D eigenvalue weighted by Gasteiger charge is -2.25. The van der Waals surface area contributed by atoms with Crippen LogP contribution in [0, 0.1) is 0 Å². The summed E-state index contributed by atoms with van der Waals surface area (Å²) in [7, 11) is -3.30. The minimum atomic E-state index is -3.30. The number of amides is 1. The molecule has 1 aromatic heterocycles. The number of nitrogens with one attached hydrogen (secondary N) is 2. The molecule has 0 atom stereocenters. The van der Waals surface area contributed by atoms with Gasteiger partial charge in [0.1, 0.15) is 0 Å². The number of rotatable bonds is 5. The first-order chi connectivity index (χ1) is 8.09. The molecule has 0 aromatic carbocycles. The summed E-state index contributed by atoms with van der Waals surface area (Å²) in [5.74, 6) is -0.233. The van der Waals surface area contributed by atoms with Crippen molar-refractivity contribution in [3.8, 4) is 0 Å². The SMILES string of the molecule is CC(C)(CNC(=O)c1cc(S)cs1)NS(C)(=O)=O. The molecule has 18 heavy (non-hydrogen) atoms. The van der Waals surface area contributed by atoms with E-state index in [-0.39, 0.29) is 12.5 Å². The summed E-state index contributed by atoms with van der Waals surface area (Å²) in [6.45, 7) is 3.61.